The van der Waals surface area contributed by atoms with Gasteiger partial charge in [-0.1, -0.05) is 53.1 Å². The van der Waals surface area contributed by atoms with Gasteiger partial charge in [0.1, 0.15) is 16.5 Å². The van der Waals surface area contributed by atoms with Crippen molar-refractivity contribution in [3.8, 4) is 0 Å². The van der Waals surface area contributed by atoms with Crippen LogP contribution in [0.4, 0.5) is 0 Å². The van der Waals surface area contributed by atoms with Crippen molar-refractivity contribution < 1.29 is 9.31 Å². The summed E-state index contributed by atoms with van der Waals surface area (Å²) in [4.78, 5) is 0. The van der Waals surface area contributed by atoms with E-state index in [2.05, 4.69) is 64.3 Å². The Kier molecular flexibility index (Phi) is 3.56. The highest BCUT2D eigenvalue weighted by atomic mass is 28.4. The fourth-order valence-electron chi connectivity index (χ4n) is 6.88. The quantitative estimate of drug-likeness (QED) is 0.681. The summed E-state index contributed by atoms with van der Waals surface area (Å²) in [5.41, 5.74) is 0.603. The van der Waals surface area contributed by atoms with E-state index in [9.17, 15) is 0 Å². The molecule has 3 saturated carbocycles. The molecular formula is C18H36BNO2Si2. The zero-order valence-electron chi connectivity index (χ0n) is 17.1. The molecule has 0 bridgehead atoms. The third-order valence-electron chi connectivity index (χ3n) is 7.57. The maximum atomic E-state index is 6.72. The van der Waals surface area contributed by atoms with Crippen LogP contribution in [0.1, 0.15) is 33.6 Å². The SMILES string of the molecule is CC[C@@H](B1O[C@H]2[C@H]3C4C(C[C@@]2(C)O1)[C@]43C)N([Si](C)(C)C)[Si](C)(C)C. The topological polar surface area (TPSA) is 21.7 Å². The molecule has 1 saturated heterocycles. The van der Waals surface area contributed by atoms with Crippen LogP contribution >= 0.6 is 0 Å². The molecule has 7 atom stereocenters. The van der Waals surface area contributed by atoms with Gasteiger partial charge in [0.15, 0.2) is 0 Å². The molecule has 4 fully saturated rings. The number of rotatable bonds is 5. The van der Waals surface area contributed by atoms with E-state index in [1.807, 2.05) is 0 Å². The Morgan fingerprint density at radius 2 is 1.62 bits per heavy atom. The van der Waals surface area contributed by atoms with Crippen LogP contribution in [0.3, 0.4) is 0 Å². The van der Waals surface area contributed by atoms with Crippen LogP contribution in [0.25, 0.3) is 0 Å². The smallest absolute Gasteiger partial charge is 0.404 e. The monoisotopic (exact) mass is 365 g/mol. The average Bonchev–Trinajstić information content (AvgIpc) is 3.13. The molecule has 0 spiro atoms. The van der Waals surface area contributed by atoms with Crippen molar-refractivity contribution in [2.45, 2.75) is 90.5 Å². The van der Waals surface area contributed by atoms with Crippen LogP contribution in [0.15, 0.2) is 0 Å². The molecule has 4 aliphatic rings. The first-order valence-corrected chi connectivity index (χ1v) is 16.9. The summed E-state index contributed by atoms with van der Waals surface area (Å²) in [5, 5.41) is 0. The molecule has 6 heteroatoms. The average molecular weight is 365 g/mol. The summed E-state index contributed by atoms with van der Waals surface area (Å²) in [6.07, 6.45) is 2.69. The maximum Gasteiger partial charge on any atom is 0.474 e. The second-order valence-electron chi connectivity index (χ2n) is 11.3. The van der Waals surface area contributed by atoms with Crippen molar-refractivity contribution >= 4 is 23.6 Å². The van der Waals surface area contributed by atoms with Crippen molar-refractivity contribution in [3.63, 3.8) is 0 Å². The largest absolute Gasteiger partial charge is 0.474 e. The van der Waals surface area contributed by atoms with Gasteiger partial charge in [-0.25, -0.2) is 0 Å². The second-order valence-corrected chi connectivity index (χ2v) is 21.4. The van der Waals surface area contributed by atoms with E-state index < -0.39 is 16.5 Å². The molecule has 0 radical (unpaired) electrons. The van der Waals surface area contributed by atoms with Gasteiger partial charge in [-0.2, -0.15) is 0 Å². The molecule has 0 N–H and O–H groups in total. The Bertz CT molecular complexity index is 548. The first kappa shape index (κ1) is 17.8. The van der Waals surface area contributed by atoms with E-state index >= 15 is 0 Å². The summed E-state index contributed by atoms with van der Waals surface area (Å²) in [6, 6.07) is 0. The van der Waals surface area contributed by atoms with Crippen molar-refractivity contribution in [2.24, 2.45) is 23.2 Å². The van der Waals surface area contributed by atoms with Crippen LogP contribution < -0.4 is 0 Å². The zero-order valence-corrected chi connectivity index (χ0v) is 19.1. The Morgan fingerprint density at radius 1 is 1.08 bits per heavy atom. The molecule has 1 aliphatic heterocycles. The first-order valence-electron chi connectivity index (χ1n) is 9.98. The van der Waals surface area contributed by atoms with Crippen molar-refractivity contribution in [3.05, 3.63) is 0 Å². The highest BCUT2D eigenvalue weighted by molar-refractivity contribution is 6.90. The zero-order chi connectivity index (χ0) is 17.9. The van der Waals surface area contributed by atoms with Crippen molar-refractivity contribution in [1.29, 1.82) is 0 Å². The highest BCUT2D eigenvalue weighted by Crippen LogP contribution is 2.90. The summed E-state index contributed by atoms with van der Waals surface area (Å²) in [5.74, 6) is 3.10. The minimum Gasteiger partial charge on any atom is -0.404 e. The van der Waals surface area contributed by atoms with E-state index in [0.717, 1.165) is 24.2 Å². The minimum absolute atomic E-state index is 0.0224. The van der Waals surface area contributed by atoms with Gasteiger partial charge in [0.25, 0.3) is 0 Å². The molecule has 0 aromatic rings. The van der Waals surface area contributed by atoms with Gasteiger partial charge in [-0.3, -0.25) is 0 Å². The second kappa shape index (κ2) is 4.80. The molecular weight excluding hydrogens is 329 g/mol. The fraction of sp³-hybridized carbons (Fsp3) is 1.00. The number of fused-ring (bicyclic) bond motifs is 4. The Morgan fingerprint density at radius 3 is 2.08 bits per heavy atom. The molecule has 24 heavy (non-hydrogen) atoms. The molecule has 3 aliphatic carbocycles. The van der Waals surface area contributed by atoms with E-state index in [0.29, 0.717) is 17.5 Å². The van der Waals surface area contributed by atoms with Gasteiger partial charge in [0, 0.05) is 5.94 Å². The maximum absolute atomic E-state index is 6.72. The summed E-state index contributed by atoms with van der Waals surface area (Å²) >= 11 is 0. The molecule has 136 valence electrons. The van der Waals surface area contributed by atoms with Crippen molar-refractivity contribution in [1.82, 2.24) is 4.23 Å². The molecule has 0 amide bonds. The standard InChI is InChI=1S/C18H36BNO2Si2/c1-10-13(20(23(4,5)6)24(7,8)9)19-21-16-15-14-12(18(14,15)3)11-17(16,2)22-19/h12-16H,10-11H2,1-9H3/t12?,13-,14?,15+,16-,17+,18+/m0/s1. The first-order chi connectivity index (χ1) is 10.9. The number of nitrogens with zero attached hydrogens (tertiary/aromatic N) is 1. The van der Waals surface area contributed by atoms with Gasteiger partial charge >= 0.3 is 7.12 Å². The summed E-state index contributed by atoms with van der Waals surface area (Å²) < 4.78 is 16.3. The molecule has 0 aromatic heterocycles. The predicted octanol–water partition coefficient (Wildman–Crippen LogP) is 4.22. The third kappa shape index (κ3) is 2.19. The minimum atomic E-state index is -1.43. The van der Waals surface area contributed by atoms with Crippen LogP contribution in [-0.2, 0) is 9.31 Å². The van der Waals surface area contributed by atoms with E-state index in [4.69, 9.17) is 9.31 Å². The fourth-order valence-corrected chi connectivity index (χ4v) is 17.5. The molecule has 0 aromatic carbocycles. The van der Waals surface area contributed by atoms with Gasteiger partial charge in [0.2, 0.25) is 0 Å². The van der Waals surface area contributed by atoms with Gasteiger partial charge in [-0.15, -0.1) is 0 Å². The van der Waals surface area contributed by atoms with Crippen LogP contribution in [-0.4, -0.2) is 45.5 Å². The lowest BCUT2D eigenvalue weighted by molar-refractivity contribution is -0.0390. The van der Waals surface area contributed by atoms with E-state index in [1.165, 1.54) is 6.42 Å². The van der Waals surface area contributed by atoms with E-state index in [1.54, 1.807) is 0 Å². The number of hydrogen-bond donors (Lipinski definition) is 0. The lowest BCUT2D eigenvalue weighted by atomic mass is 9.72. The van der Waals surface area contributed by atoms with Gasteiger partial charge in [0.05, 0.1) is 11.7 Å². The molecule has 3 nitrogen and oxygen atoms in total. The van der Waals surface area contributed by atoms with E-state index in [-0.39, 0.29) is 12.7 Å². The molecule has 2 unspecified atom stereocenters. The highest BCUT2D eigenvalue weighted by Gasteiger charge is 2.90. The van der Waals surface area contributed by atoms with Gasteiger partial charge in [-0.05, 0) is 42.9 Å². The lowest BCUT2D eigenvalue weighted by Gasteiger charge is -2.49. The summed E-state index contributed by atoms with van der Waals surface area (Å²) in [6.45, 7) is 22.1. The normalized spacial score (nSPS) is 47.5. The van der Waals surface area contributed by atoms with Crippen LogP contribution in [0, 0.1) is 23.2 Å². The Labute approximate surface area is 151 Å². The molecule has 1 heterocycles. The third-order valence-corrected chi connectivity index (χ3v) is 15.1. The number of hydrogen-bond acceptors (Lipinski definition) is 3. The Hall–Kier alpha value is 0.379. The molecule has 4 rings (SSSR count). The Balaban J connectivity index is 1.58. The van der Waals surface area contributed by atoms with Crippen molar-refractivity contribution in [2.75, 3.05) is 0 Å². The predicted molar refractivity (Wildman–Crippen MR) is 106 cm³/mol. The summed E-state index contributed by atoms with van der Waals surface area (Å²) in [7, 11) is -2.88. The van der Waals surface area contributed by atoms with Gasteiger partial charge < -0.3 is 13.5 Å². The van der Waals surface area contributed by atoms with Crippen LogP contribution in [0.2, 0.25) is 39.3 Å². The van der Waals surface area contributed by atoms with Crippen LogP contribution in [0.5, 0.6) is 0 Å². The lowest BCUT2D eigenvalue weighted by Crippen LogP contribution is -2.67.